The molecule has 7 aromatic rings. The van der Waals surface area contributed by atoms with Crippen LogP contribution < -0.4 is 14.5 Å². The average Bonchev–Trinajstić information content (AvgIpc) is 3.71. The van der Waals surface area contributed by atoms with Crippen LogP contribution in [0.15, 0.2) is 103 Å². The summed E-state index contributed by atoms with van der Waals surface area (Å²) >= 11 is 0. The molecule has 326 valence electrons. The summed E-state index contributed by atoms with van der Waals surface area (Å²) < 4.78 is 8.95. The first-order valence-corrected chi connectivity index (χ1v) is 21.8. The van der Waals surface area contributed by atoms with Gasteiger partial charge in [0.2, 0.25) is 0 Å². The van der Waals surface area contributed by atoms with Gasteiger partial charge in [-0.2, -0.15) is 12.1 Å². The number of ether oxygens (including phenoxy) is 1. The van der Waals surface area contributed by atoms with Crippen molar-refractivity contribution in [2.75, 3.05) is 9.80 Å². The Morgan fingerprint density at radius 3 is 1.71 bits per heavy atom. The molecule has 5 aromatic carbocycles. The summed E-state index contributed by atoms with van der Waals surface area (Å²) in [5, 5.41) is 2.28. The summed E-state index contributed by atoms with van der Waals surface area (Å²) in [5.41, 5.74) is 12.6. The van der Waals surface area contributed by atoms with E-state index in [0.29, 0.717) is 11.5 Å². The van der Waals surface area contributed by atoms with Gasteiger partial charge in [0.05, 0.1) is 0 Å². The molecule has 2 aromatic heterocycles. The van der Waals surface area contributed by atoms with E-state index < -0.39 is 0 Å². The molecule has 0 N–H and O–H groups in total. The van der Waals surface area contributed by atoms with Crippen molar-refractivity contribution in [2.24, 2.45) is 0 Å². The van der Waals surface area contributed by atoms with E-state index in [1.807, 2.05) is 24.4 Å². The van der Waals surface area contributed by atoms with Crippen molar-refractivity contribution in [3.05, 3.63) is 150 Å². The zero-order valence-corrected chi connectivity index (χ0v) is 41.7. The Kier molecular flexibility index (Phi) is 11.5. The van der Waals surface area contributed by atoms with Gasteiger partial charge in [-0.15, -0.1) is 48.1 Å². The van der Waals surface area contributed by atoms with Crippen molar-refractivity contribution in [3.63, 3.8) is 0 Å². The molecule has 5 nitrogen and oxygen atoms in total. The van der Waals surface area contributed by atoms with E-state index in [-0.39, 0.29) is 48.1 Å². The van der Waals surface area contributed by atoms with Crippen LogP contribution in [-0.4, -0.2) is 9.55 Å². The van der Waals surface area contributed by atoms with Crippen LogP contribution in [0.2, 0.25) is 0 Å². The largest absolute Gasteiger partial charge is 0.509 e. The third-order valence-electron chi connectivity index (χ3n) is 12.1. The van der Waals surface area contributed by atoms with E-state index in [1.54, 1.807) is 0 Å². The molecule has 0 spiro atoms. The molecule has 0 saturated carbocycles. The Balaban J connectivity index is 0.00000578. The molecule has 6 heteroatoms. The molecule has 0 unspecified atom stereocenters. The van der Waals surface area contributed by atoms with E-state index in [2.05, 4.69) is 216 Å². The number of aromatic nitrogens is 2. The number of fused-ring (bicyclic) bond motifs is 4. The number of benzene rings is 5. The predicted octanol–water partition coefficient (Wildman–Crippen LogP) is 15.5. The van der Waals surface area contributed by atoms with E-state index in [9.17, 15) is 0 Å². The van der Waals surface area contributed by atoms with Crippen molar-refractivity contribution >= 4 is 44.6 Å². The minimum atomic E-state index is -0.0286. The molecule has 0 radical (unpaired) electrons. The SMILES string of the molecule is CC(C)(C)c1cc(N2[CH-]N(c3[c-]c(Oc4[c-]c5c(cc4)c4cc(C(C)(C)C)ccc4n5-c4cc(C(C)(C)C)ccn4)ccc3)c3cc(C(C)(C)C)ccc32)cc(C(C)(C)C)c1.[Pt]. The third-order valence-corrected chi connectivity index (χ3v) is 12.1. The van der Waals surface area contributed by atoms with Gasteiger partial charge in [-0.1, -0.05) is 134 Å². The molecule has 0 atom stereocenters. The minimum Gasteiger partial charge on any atom is -0.509 e. The van der Waals surface area contributed by atoms with E-state index in [4.69, 9.17) is 9.72 Å². The van der Waals surface area contributed by atoms with Gasteiger partial charge >= 0.3 is 0 Å². The van der Waals surface area contributed by atoms with Gasteiger partial charge in [0.25, 0.3) is 0 Å². The van der Waals surface area contributed by atoms with Crippen LogP contribution in [0.25, 0.3) is 27.6 Å². The fraction of sp³-hybridized carbons (Fsp3) is 0.357. The van der Waals surface area contributed by atoms with Crippen molar-refractivity contribution in [3.8, 4) is 17.3 Å². The van der Waals surface area contributed by atoms with E-state index in [0.717, 1.165) is 45.0 Å². The maximum Gasteiger partial charge on any atom is 0.135 e. The molecule has 3 heterocycles. The van der Waals surface area contributed by atoms with Crippen molar-refractivity contribution in [1.29, 1.82) is 0 Å². The van der Waals surface area contributed by atoms with Crippen molar-refractivity contribution in [2.45, 2.75) is 131 Å². The zero-order valence-electron chi connectivity index (χ0n) is 39.4. The van der Waals surface area contributed by atoms with E-state index in [1.165, 1.54) is 33.2 Å². The molecule has 0 fully saturated rings. The topological polar surface area (TPSA) is 33.5 Å². The van der Waals surface area contributed by atoms with Crippen LogP contribution >= 0.6 is 0 Å². The Morgan fingerprint density at radius 2 is 1.08 bits per heavy atom. The van der Waals surface area contributed by atoms with Gasteiger partial charge < -0.3 is 19.1 Å². The van der Waals surface area contributed by atoms with Gasteiger partial charge in [-0.3, -0.25) is 0 Å². The minimum absolute atomic E-state index is 0. The summed E-state index contributed by atoms with van der Waals surface area (Å²) in [5.74, 6) is 2.09. The number of hydrogen-bond donors (Lipinski definition) is 0. The van der Waals surface area contributed by atoms with Crippen molar-refractivity contribution < 1.29 is 25.8 Å². The summed E-state index contributed by atoms with van der Waals surface area (Å²) in [6, 6.07) is 42.8. The molecular weight excluding hydrogens is 940 g/mol. The first-order valence-electron chi connectivity index (χ1n) is 21.8. The van der Waals surface area contributed by atoms with Gasteiger partial charge in [-0.05, 0) is 103 Å². The Bertz CT molecular complexity index is 2760. The second-order valence-corrected chi connectivity index (χ2v) is 22.1. The third kappa shape index (κ3) is 8.72. The summed E-state index contributed by atoms with van der Waals surface area (Å²) in [7, 11) is 0. The molecule has 1 aliphatic heterocycles. The molecule has 0 amide bonds. The maximum atomic E-state index is 6.71. The van der Waals surface area contributed by atoms with Crippen molar-refractivity contribution in [1.82, 2.24) is 9.55 Å². The fourth-order valence-corrected chi connectivity index (χ4v) is 8.09. The molecule has 0 bridgehead atoms. The molecule has 0 saturated heterocycles. The van der Waals surface area contributed by atoms with E-state index >= 15 is 0 Å². The Morgan fingerprint density at radius 1 is 0.500 bits per heavy atom. The summed E-state index contributed by atoms with van der Waals surface area (Å²) in [6.45, 7) is 36.3. The van der Waals surface area contributed by atoms with Crippen LogP contribution in [0.4, 0.5) is 22.7 Å². The van der Waals surface area contributed by atoms with Gasteiger partial charge in [0, 0.05) is 61.3 Å². The smallest absolute Gasteiger partial charge is 0.135 e. The van der Waals surface area contributed by atoms with Gasteiger partial charge in [-0.25, -0.2) is 4.98 Å². The number of nitrogens with zero attached hydrogens (tertiary/aromatic N) is 4. The second-order valence-electron chi connectivity index (χ2n) is 22.1. The summed E-state index contributed by atoms with van der Waals surface area (Å²) in [6.07, 6.45) is 1.92. The van der Waals surface area contributed by atoms with Crippen LogP contribution in [-0.2, 0) is 48.1 Å². The number of rotatable bonds is 5. The van der Waals surface area contributed by atoms with Crippen LogP contribution in [0.5, 0.6) is 11.5 Å². The number of pyridine rings is 1. The zero-order chi connectivity index (χ0) is 44.0. The molecule has 62 heavy (non-hydrogen) atoms. The standard InChI is InChI=1S/C56H63N4O.Pt/c1-52(2,3)36-19-23-47-46(30-36)45-22-21-44(34-49(45)60(47)51-32-38(25-26-57-51)54(7,8)9)61-43-18-16-17-41(33-43)58-35-59(48-24-20-37(31-50(48)58)53(4,5)6)42-28-39(55(10,11)12)27-40(29-42)56(13,14)15;/h16-32,35H,1-15H3;/q-3;. The van der Waals surface area contributed by atoms with Gasteiger partial charge in [0.1, 0.15) is 5.82 Å². The normalized spacial score (nSPS) is 13.8. The maximum absolute atomic E-state index is 6.71. The fourth-order valence-electron chi connectivity index (χ4n) is 8.09. The van der Waals surface area contributed by atoms with Crippen LogP contribution in [0, 0.1) is 18.8 Å². The van der Waals surface area contributed by atoms with Crippen LogP contribution in [0.3, 0.4) is 0 Å². The number of hydrogen-bond acceptors (Lipinski definition) is 4. The molecule has 0 aliphatic carbocycles. The summed E-state index contributed by atoms with van der Waals surface area (Å²) in [4.78, 5) is 9.51. The Hall–Kier alpha value is -4.86. The number of anilines is 4. The predicted molar refractivity (Wildman–Crippen MR) is 258 cm³/mol. The first kappa shape index (κ1) is 45.2. The second kappa shape index (κ2) is 15.7. The van der Waals surface area contributed by atoms with Crippen LogP contribution in [0.1, 0.15) is 132 Å². The molecule has 1 aliphatic rings. The first-order chi connectivity index (χ1) is 28.4. The molecular formula is C56H63N4OPt-3. The Labute approximate surface area is 385 Å². The molecule has 8 rings (SSSR count). The monoisotopic (exact) mass is 1000 g/mol. The quantitative estimate of drug-likeness (QED) is 0.161. The average molecular weight is 1000 g/mol. The van der Waals surface area contributed by atoms with Gasteiger partial charge in [0.15, 0.2) is 0 Å².